The van der Waals surface area contributed by atoms with E-state index in [1.165, 1.54) is 0 Å². The van der Waals surface area contributed by atoms with E-state index in [1.54, 1.807) is 17.1 Å². The highest BCUT2D eigenvalue weighted by Gasteiger charge is 2.07. The van der Waals surface area contributed by atoms with Crippen LogP contribution < -0.4 is 10.5 Å². The Bertz CT molecular complexity index is 1220. The zero-order valence-electron chi connectivity index (χ0n) is 16.5. The van der Waals surface area contributed by atoms with Gasteiger partial charge in [0.2, 0.25) is 0 Å². The maximum Gasteiger partial charge on any atom is 0.159 e. The van der Waals surface area contributed by atoms with Crippen LogP contribution in [-0.4, -0.2) is 26.4 Å². The number of nitrogen functional groups attached to an aromatic ring is 1. The molecule has 4 rings (SSSR count). The molecule has 150 valence electrons. The fraction of sp³-hybridized carbons (Fsp3) is 0.130. The van der Waals surface area contributed by atoms with Crippen LogP contribution in [0, 0.1) is 4.51 Å². The Morgan fingerprint density at radius 1 is 1.03 bits per heavy atom. The first-order chi connectivity index (χ1) is 14.6. The van der Waals surface area contributed by atoms with E-state index in [1.807, 2.05) is 61.7 Å². The molecule has 0 radical (unpaired) electrons. The lowest BCUT2D eigenvalue weighted by Crippen LogP contribution is -2.05. The molecule has 30 heavy (non-hydrogen) atoms. The number of ether oxygens (including phenoxy) is 1. The number of nitrogens with two attached hydrogens (primary N) is 1. The highest BCUT2D eigenvalue weighted by atomic mass is 32.1. The van der Waals surface area contributed by atoms with Gasteiger partial charge >= 0.3 is 0 Å². The fourth-order valence-corrected chi connectivity index (χ4v) is 3.27. The molecule has 4 aromatic rings. The van der Waals surface area contributed by atoms with Gasteiger partial charge in [-0.05, 0) is 42.8 Å². The summed E-state index contributed by atoms with van der Waals surface area (Å²) in [6.07, 6.45) is 5.83. The van der Waals surface area contributed by atoms with Gasteiger partial charge < -0.3 is 10.5 Å². The number of hydrogen-bond acceptors (Lipinski definition) is 6. The van der Waals surface area contributed by atoms with Crippen LogP contribution in [0.3, 0.4) is 0 Å². The van der Waals surface area contributed by atoms with Gasteiger partial charge in [-0.3, -0.25) is 0 Å². The molecule has 2 aromatic heterocycles. The SMILES string of the molecule is CCOc1cnc(-c2cccc(Cc3nn(-c4cccc(N)c4)ccc3=S)c2)nc1. The van der Waals surface area contributed by atoms with Gasteiger partial charge in [0.1, 0.15) is 0 Å². The van der Waals surface area contributed by atoms with Gasteiger partial charge in [-0.1, -0.05) is 36.5 Å². The lowest BCUT2D eigenvalue weighted by atomic mass is 10.1. The first-order valence-electron chi connectivity index (χ1n) is 9.61. The molecule has 0 aliphatic carbocycles. The van der Waals surface area contributed by atoms with E-state index < -0.39 is 0 Å². The highest BCUT2D eigenvalue weighted by Crippen LogP contribution is 2.20. The Balaban J connectivity index is 1.61. The van der Waals surface area contributed by atoms with Crippen molar-refractivity contribution in [3.8, 4) is 22.8 Å². The largest absolute Gasteiger partial charge is 0.491 e. The summed E-state index contributed by atoms with van der Waals surface area (Å²) in [4.78, 5) is 8.81. The molecular weight excluding hydrogens is 394 g/mol. The predicted octanol–water partition coefficient (Wildman–Crippen LogP) is 4.63. The molecular formula is C23H21N5OS. The van der Waals surface area contributed by atoms with Crippen molar-refractivity contribution in [3.05, 3.63) is 89.0 Å². The summed E-state index contributed by atoms with van der Waals surface area (Å²) in [5.74, 6) is 1.31. The summed E-state index contributed by atoms with van der Waals surface area (Å²) in [5.41, 5.74) is 10.3. The van der Waals surface area contributed by atoms with Gasteiger partial charge in [0, 0.05) is 23.9 Å². The molecule has 0 aliphatic heterocycles. The third-order valence-electron chi connectivity index (χ3n) is 4.51. The van der Waals surface area contributed by atoms with E-state index in [0.717, 1.165) is 27.0 Å². The van der Waals surface area contributed by atoms with E-state index in [9.17, 15) is 0 Å². The van der Waals surface area contributed by atoms with Crippen LogP contribution in [0.1, 0.15) is 18.2 Å². The monoisotopic (exact) mass is 415 g/mol. The topological polar surface area (TPSA) is 78.9 Å². The Morgan fingerprint density at radius 2 is 1.83 bits per heavy atom. The minimum absolute atomic E-state index is 0.585. The van der Waals surface area contributed by atoms with Crippen LogP contribution in [-0.2, 0) is 6.42 Å². The normalized spacial score (nSPS) is 10.7. The van der Waals surface area contributed by atoms with Gasteiger partial charge in [0.15, 0.2) is 11.6 Å². The Labute approximate surface area is 180 Å². The second-order valence-corrected chi connectivity index (χ2v) is 7.16. The molecule has 0 aliphatic rings. The summed E-state index contributed by atoms with van der Waals surface area (Å²) < 4.78 is 7.93. The van der Waals surface area contributed by atoms with E-state index in [-0.39, 0.29) is 0 Å². The predicted molar refractivity (Wildman–Crippen MR) is 120 cm³/mol. The molecule has 0 atom stereocenters. The van der Waals surface area contributed by atoms with Crippen molar-refractivity contribution in [2.45, 2.75) is 13.3 Å². The minimum atomic E-state index is 0.585. The van der Waals surface area contributed by atoms with Gasteiger partial charge in [-0.15, -0.1) is 0 Å². The van der Waals surface area contributed by atoms with Gasteiger partial charge in [0.25, 0.3) is 0 Å². The molecule has 0 amide bonds. The molecule has 6 nitrogen and oxygen atoms in total. The van der Waals surface area contributed by atoms with Crippen LogP contribution in [0.25, 0.3) is 17.1 Å². The number of anilines is 1. The average Bonchev–Trinajstić information content (AvgIpc) is 2.76. The summed E-state index contributed by atoms with van der Waals surface area (Å²) in [6.45, 7) is 2.51. The molecule has 0 fully saturated rings. The van der Waals surface area contributed by atoms with Crippen LogP contribution in [0.15, 0.2) is 73.2 Å². The summed E-state index contributed by atoms with van der Waals surface area (Å²) in [7, 11) is 0. The standard InChI is InChI=1S/C23H21N5OS/c1-2-29-20-14-25-23(26-15-20)17-6-3-5-16(11-17)12-21-22(30)9-10-28(27-21)19-8-4-7-18(24)13-19/h3-11,13-15H,2,12,24H2,1H3. The lowest BCUT2D eigenvalue weighted by molar-refractivity contribution is 0.337. The van der Waals surface area contributed by atoms with Gasteiger partial charge in [0.05, 0.1) is 34.9 Å². The third kappa shape index (κ3) is 4.52. The Morgan fingerprint density at radius 3 is 2.60 bits per heavy atom. The maximum atomic E-state index is 5.90. The zero-order chi connectivity index (χ0) is 20.9. The van der Waals surface area contributed by atoms with Gasteiger partial charge in [-0.2, -0.15) is 5.10 Å². The van der Waals surface area contributed by atoms with Crippen LogP contribution in [0.5, 0.6) is 5.75 Å². The van der Waals surface area contributed by atoms with Crippen LogP contribution >= 0.6 is 12.2 Å². The van der Waals surface area contributed by atoms with E-state index >= 15 is 0 Å². The maximum absolute atomic E-state index is 5.90. The lowest BCUT2D eigenvalue weighted by Gasteiger charge is -2.10. The molecule has 2 heterocycles. The quantitative estimate of drug-likeness (QED) is 0.365. The van der Waals surface area contributed by atoms with Crippen molar-refractivity contribution in [1.29, 1.82) is 0 Å². The molecule has 0 saturated carbocycles. The van der Waals surface area contributed by atoms with Gasteiger partial charge in [-0.25, -0.2) is 14.6 Å². The van der Waals surface area contributed by atoms with E-state index in [4.69, 9.17) is 27.8 Å². The smallest absolute Gasteiger partial charge is 0.159 e. The zero-order valence-corrected chi connectivity index (χ0v) is 17.3. The molecule has 0 bridgehead atoms. The third-order valence-corrected chi connectivity index (χ3v) is 4.88. The average molecular weight is 416 g/mol. The molecule has 2 N–H and O–H groups in total. The number of benzene rings is 2. The molecule has 0 unspecified atom stereocenters. The molecule has 0 saturated heterocycles. The second kappa shape index (κ2) is 8.84. The van der Waals surface area contributed by atoms with Crippen LogP contribution in [0.2, 0.25) is 0 Å². The van der Waals surface area contributed by atoms with Crippen molar-refractivity contribution < 1.29 is 4.74 Å². The molecule has 7 heteroatoms. The minimum Gasteiger partial charge on any atom is -0.491 e. The summed E-state index contributed by atoms with van der Waals surface area (Å²) in [5, 5.41) is 4.72. The van der Waals surface area contributed by atoms with E-state index in [2.05, 4.69) is 16.0 Å². The first-order valence-corrected chi connectivity index (χ1v) is 10.0. The number of rotatable bonds is 6. The Hall–Kier alpha value is -3.58. The van der Waals surface area contributed by atoms with Crippen LogP contribution in [0.4, 0.5) is 5.69 Å². The van der Waals surface area contributed by atoms with Crippen molar-refractivity contribution in [1.82, 2.24) is 19.7 Å². The van der Waals surface area contributed by atoms with E-state index in [0.29, 0.717) is 30.3 Å². The number of hydrogen-bond donors (Lipinski definition) is 1. The van der Waals surface area contributed by atoms with Crippen molar-refractivity contribution in [2.75, 3.05) is 12.3 Å². The molecule has 0 spiro atoms. The number of nitrogens with zero attached hydrogens (tertiary/aromatic N) is 4. The second-order valence-electron chi connectivity index (χ2n) is 6.72. The summed E-state index contributed by atoms with van der Waals surface area (Å²) >= 11 is 5.51. The highest BCUT2D eigenvalue weighted by molar-refractivity contribution is 7.71. The van der Waals surface area contributed by atoms with Crippen molar-refractivity contribution in [3.63, 3.8) is 0 Å². The fourth-order valence-electron chi connectivity index (χ4n) is 3.10. The first kappa shape index (κ1) is 19.7. The molecule has 2 aromatic carbocycles. The Kier molecular flexibility index (Phi) is 5.81. The van der Waals surface area contributed by atoms with Crippen molar-refractivity contribution >= 4 is 17.9 Å². The van der Waals surface area contributed by atoms with Crippen molar-refractivity contribution in [2.24, 2.45) is 0 Å². The number of aromatic nitrogens is 4. The summed E-state index contributed by atoms with van der Waals surface area (Å²) in [6, 6.07) is 17.6.